The summed E-state index contributed by atoms with van der Waals surface area (Å²) in [5.41, 5.74) is 8.37. The van der Waals surface area contributed by atoms with Crippen molar-refractivity contribution in [3.63, 3.8) is 0 Å². The molecule has 1 aliphatic heterocycles. The van der Waals surface area contributed by atoms with E-state index in [1.807, 2.05) is 42.5 Å². The molecule has 0 unspecified atom stereocenters. The quantitative estimate of drug-likeness (QED) is 0.501. The van der Waals surface area contributed by atoms with Gasteiger partial charge in [0.2, 0.25) is 0 Å². The van der Waals surface area contributed by atoms with E-state index in [1.165, 1.54) is 5.56 Å². The number of halogens is 1. The Kier molecular flexibility index (Phi) is 9.48. The van der Waals surface area contributed by atoms with Crippen LogP contribution in [-0.4, -0.2) is 48.4 Å². The van der Waals surface area contributed by atoms with Gasteiger partial charge in [-0.05, 0) is 41.5 Å². The van der Waals surface area contributed by atoms with Crippen molar-refractivity contribution in [2.24, 2.45) is 11.7 Å². The number of hydrogen-bond donors (Lipinski definition) is 2. The van der Waals surface area contributed by atoms with Gasteiger partial charge in [-0.3, -0.25) is 9.59 Å². The van der Waals surface area contributed by atoms with Crippen LogP contribution in [0.3, 0.4) is 0 Å². The van der Waals surface area contributed by atoms with Gasteiger partial charge in [0.15, 0.2) is 0 Å². The van der Waals surface area contributed by atoms with Crippen LogP contribution in [0, 0.1) is 5.92 Å². The molecule has 2 aromatic rings. The van der Waals surface area contributed by atoms with Gasteiger partial charge < -0.3 is 20.7 Å². The number of carbonyl (C=O) groups is 3. The predicted octanol–water partition coefficient (Wildman–Crippen LogP) is 3.51. The highest BCUT2D eigenvalue weighted by molar-refractivity contribution is 6.31. The number of benzene rings is 2. The lowest BCUT2D eigenvalue weighted by atomic mass is 9.99. The number of urea groups is 1. The average Bonchev–Trinajstić information content (AvgIpc) is 3.25. The number of ether oxygens (including phenoxy) is 1. The highest BCUT2D eigenvalue weighted by Crippen LogP contribution is 2.27. The summed E-state index contributed by atoms with van der Waals surface area (Å²) < 4.78 is 5.54. The molecule has 3 rings (SSSR count). The Morgan fingerprint density at radius 2 is 1.82 bits per heavy atom. The number of nitrogens with zero attached hydrogens (tertiary/aromatic N) is 1. The number of rotatable bonds is 10. The Morgan fingerprint density at radius 3 is 2.50 bits per heavy atom. The van der Waals surface area contributed by atoms with Crippen molar-refractivity contribution in [2.45, 2.75) is 45.2 Å². The lowest BCUT2D eigenvalue weighted by Gasteiger charge is -2.25. The normalized spacial score (nSPS) is 17.4. The third kappa shape index (κ3) is 7.30. The summed E-state index contributed by atoms with van der Waals surface area (Å²) in [5, 5.41) is 3.47. The minimum atomic E-state index is -0.345. The monoisotopic (exact) mass is 485 g/mol. The third-order valence-corrected chi connectivity index (χ3v) is 6.48. The summed E-state index contributed by atoms with van der Waals surface area (Å²) >= 11 is 6.19. The van der Waals surface area contributed by atoms with E-state index in [2.05, 4.69) is 12.2 Å². The van der Waals surface area contributed by atoms with Crippen LogP contribution in [0.5, 0.6) is 0 Å². The molecule has 2 amide bonds. The Labute approximate surface area is 205 Å². The van der Waals surface area contributed by atoms with Crippen LogP contribution in [0.2, 0.25) is 5.02 Å². The number of Topliss-reactive ketones (excluding diaryl/α,β-unsaturated/α-hetero) is 1. The fourth-order valence-corrected chi connectivity index (χ4v) is 4.39. The summed E-state index contributed by atoms with van der Waals surface area (Å²) in [7, 11) is 0. The molecule has 7 nitrogen and oxygen atoms in total. The Morgan fingerprint density at radius 1 is 1.12 bits per heavy atom. The number of esters is 1. The van der Waals surface area contributed by atoms with E-state index < -0.39 is 0 Å². The molecule has 2 aromatic carbocycles. The molecular weight excluding hydrogens is 454 g/mol. The number of hydrogen-bond acceptors (Lipinski definition) is 5. The molecular formula is C26H32ClN3O4. The lowest BCUT2D eigenvalue weighted by Crippen LogP contribution is -2.44. The molecule has 34 heavy (non-hydrogen) atoms. The van der Waals surface area contributed by atoms with E-state index in [1.54, 1.807) is 11.0 Å². The molecule has 1 aliphatic rings. The molecule has 3 N–H and O–H groups in total. The fourth-order valence-electron chi connectivity index (χ4n) is 4.19. The number of aryl methyl sites for hydroxylation is 1. The van der Waals surface area contributed by atoms with Crippen LogP contribution in [0.4, 0.5) is 4.79 Å². The van der Waals surface area contributed by atoms with E-state index in [9.17, 15) is 14.4 Å². The molecule has 0 bridgehead atoms. The van der Waals surface area contributed by atoms with E-state index in [-0.39, 0.29) is 55.9 Å². The summed E-state index contributed by atoms with van der Waals surface area (Å²) in [5.74, 6) is -0.413. The van der Waals surface area contributed by atoms with Gasteiger partial charge in [-0.2, -0.15) is 0 Å². The van der Waals surface area contributed by atoms with E-state index >= 15 is 0 Å². The van der Waals surface area contributed by atoms with Gasteiger partial charge >= 0.3 is 12.0 Å². The van der Waals surface area contributed by atoms with E-state index in [0.717, 1.165) is 17.5 Å². The topological polar surface area (TPSA) is 102 Å². The molecule has 2 atom stereocenters. The van der Waals surface area contributed by atoms with Crippen molar-refractivity contribution in [3.8, 4) is 0 Å². The van der Waals surface area contributed by atoms with E-state index in [4.69, 9.17) is 22.1 Å². The smallest absolute Gasteiger partial charge is 0.318 e. The highest BCUT2D eigenvalue weighted by atomic mass is 35.5. The first-order valence-corrected chi connectivity index (χ1v) is 12.0. The maximum atomic E-state index is 13.0. The number of amides is 2. The van der Waals surface area contributed by atoms with Gasteiger partial charge in [-0.1, -0.05) is 61.0 Å². The molecule has 1 heterocycles. The second-order valence-electron chi connectivity index (χ2n) is 8.63. The summed E-state index contributed by atoms with van der Waals surface area (Å²) in [6.45, 7) is 2.82. The van der Waals surface area contributed by atoms with Gasteiger partial charge in [0, 0.05) is 24.5 Å². The second-order valence-corrected chi connectivity index (χ2v) is 9.04. The SMILES string of the molecule is CCc1ccc(CC(=O)OC[C@@H]2C[C@@H](CC(=O)CN)CN2C(=O)NCc2ccccc2Cl)cc1. The van der Waals surface area contributed by atoms with Crippen LogP contribution >= 0.6 is 11.6 Å². The first kappa shape index (κ1) is 25.7. The zero-order valence-corrected chi connectivity index (χ0v) is 20.2. The zero-order chi connectivity index (χ0) is 24.5. The Balaban J connectivity index is 1.59. The third-order valence-electron chi connectivity index (χ3n) is 6.11. The van der Waals surface area contributed by atoms with Crippen LogP contribution in [0.25, 0.3) is 0 Å². The Bertz CT molecular complexity index is 996. The first-order valence-electron chi connectivity index (χ1n) is 11.6. The Hall–Kier alpha value is -2.90. The highest BCUT2D eigenvalue weighted by Gasteiger charge is 2.36. The summed E-state index contributed by atoms with van der Waals surface area (Å²) in [6, 6.07) is 14.6. The van der Waals surface area contributed by atoms with Gasteiger partial charge in [-0.15, -0.1) is 0 Å². The van der Waals surface area contributed by atoms with Crippen LogP contribution in [0.1, 0.15) is 36.5 Å². The molecule has 0 saturated carbocycles. The van der Waals surface area contributed by atoms with Crippen molar-refractivity contribution >= 4 is 29.4 Å². The number of nitrogens with one attached hydrogen (secondary N) is 1. The van der Waals surface area contributed by atoms with Crippen molar-refractivity contribution < 1.29 is 19.1 Å². The molecule has 8 heteroatoms. The lowest BCUT2D eigenvalue weighted by molar-refractivity contribution is -0.144. The maximum Gasteiger partial charge on any atom is 0.318 e. The van der Waals surface area contributed by atoms with E-state index in [0.29, 0.717) is 24.4 Å². The zero-order valence-electron chi connectivity index (χ0n) is 19.5. The van der Waals surface area contributed by atoms with Gasteiger partial charge in [0.05, 0.1) is 19.0 Å². The number of carbonyl (C=O) groups excluding carboxylic acids is 3. The maximum absolute atomic E-state index is 13.0. The molecule has 0 aliphatic carbocycles. The van der Waals surface area contributed by atoms with Gasteiger partial charge in [-0.25, -0.2) is 4.79 Å². The minimum absolute atomic E-state index is 0.0209. The largest absolute Gasteiger partial charge is 0.463 e. The number of ketones is 1. The predicted molar refractivity (Wildman–Crippen MR) is 131 cm³/mol. The van der Waals surface area contributed by atoms with Gasteiger partial charge in [0.25, 0.3) is 0 Å². The number of nitrogens with two attached hydrogens (primary N) is 1. The van der Waals surface area contributed by atoms with Crippen LogP contribution in [-0.2, 0) is 33.7 Å². The van der Waals surface area contributed by atoms with Crippen molar-refractivity contribution in [1.29, 1.82) is 0 Å². The van der Waals surface area contributed by atoms with Crippen LogP contribution in [0.15, 0.2) is 48.5 Å². The molecule has 0 spiro atoms. The standard InChI is InChI=1S/C26H32ClN3O4/c1-2-18-7-9-19(10-8-18)13-25(32)34-17-22-11-20(12-23(31)14-28)16-30(22)26(33)29-15-21-5-3-4-6-24(21)27/h3-10,20,22H,2,11-17,28H2,1H3,(H,29,33)/t20-,22-/m0/s1. The summed E-state index contributed by atoms with van der Waals surface area (Å²) in [6.07, 6.45) is 1.99. The minimum Gasteiger partial charge on any atom is -0.463 e. The first-order chi connectivity index (χ1) is 16.4. The molecule has 1 saturated heterocycles. The van der Waals surface area contributed by atoms with Crippen molar-refractivity contribution in [3.05, 3.63) is 70.2 Å². The van der Waals surface area contributed by atoms with Crippen molar-refractivity contribution in [2.75, 3.05) is 19.7 Å². The second kappa shape index (κ2) is 12.5. The summed E-state index contributed by atoms with van der Waals surface area (Å²) in [4.78, 5) is 38.9. The molecule has 0 radical (unpaired) electrons. The molecule has 1 fully saturated rings. The fraction of sp³-hybridized carbons (Fsp3) is 0.423. The molecule has 182 valence electrons. The number of likely N-dealkylation sites (tertiary alicyclic amines) is 1. The van der Waals surface area contributed by atoms with Crippen LogP contribution < -0.4 is 11.1 Å². The average molecular weight is 486 g/mol. The molecule has 0 aromatic heterocycles. The van der Waals surface area contributed by atoms with Crippen molar-refractivity contribution in [1.82, 2.24) is 10.2 Å². The van der Waals surface area contributed by atoms with Gasteiger partial charge in [0.1, 0.15) is 12.4 Å².